The predicted molar refractivity (Wildman–Crippen MR) is 112 cm³/mol. The van der Waals surface area contributed by atoms with Gasteiger partial charge in [-0.2, -0.15) is 8.68 Å². The molecule has 0 saturated heterocycles. The Morgan fingerprint density at radius 2 is 1.85 bits per heavy atom. The van der Waals surface area contributed by atoms with E-state index in [0.717, 1.165) is 16.5 Å². The summed E-state index contributed by atoms with van der Waals surface area (Å²) in [4.78, 5) is 6.47. The van der Waals surface area contributed by atoms with Crippen LogP contribution in [0.2, 0.25) is 5.02 Å². The van der Waals surface area contributed by atoms with E-state index in [2.05, 4.69) is 9.36 Å². The number of sulfonamides is 1. The summed E-state index contributed by atoms with van der Waals surface area (Å²) in [6.45, 7) is 0.888. The van der Waals surface area contributed by atoms with E-state index in [1.54, 1.807) is 24.6 Å². The molecule has 1 aromatic carbocycles. The molecule has 144 valence electrons. The molecule has 10 heteroatoms. The highest BCUT2D eigenvalue weighted by atomic mass is 35.5. The average Bonchev–Trinajstić information content (AvgIpc) is 3.33. The second-order valence-electron chi connectivity index (χ2n) is 5.98. The highest BCUT2D eigenvalue weighted by Gasteiger charge is 2.22. The largest absolute Gasteiger partial charge is 0.349 e. The number of benzene rings is 1. The van der Waals surface area contributed by atoms with Crippen LogP contribution in [-0.2, 0) is 16.4 Å². The zero-order chi connectivity index (χ0) is 19.4. The maximum Gasteiger partial charge on any atom is 0.252 e. The highest BCUT2D eigenvalue weighted by Crippen LogP contribution is 2.21. The zero-order valence-corrected chi connectivity index (χ0v) is 18.1. The van der Waals surface area contributed by atoms with Crippen molar-refractivity contribution in [1.82, 2.24) is 13.7 Å². The number of nitrogens with zero attached hydrogens (tertiary/aromatic N) is 4. The average molecular weight is 443 g/mol. The van der Waals surface area contributed by atoms with Gasteiger partial charge in [-0.15, -0.1) is 11.3 Å². The number of thiophene rings is 1. The van der Waals surface area contributed by atoms with E-state index in [9.17, 15) is 8.42 Å². The van der Waals surface area contributed by atoms with Gasteiger partial charge >= 0.3 is 0 Å². The fraction of sp³-hybridized carbons (Fsp3) is 0.294. The van der Waals surface area contributed by atoms with Crippen LogP contribution in [0.15, 0.2) is 46.0 Å². The molecule has 2 aromatic heterocycles. The van der Waals surface area contributed by atoms with Crippen molar-refractivity contribution in [2.24, 2.45) is 0 Å². The van der Waals surface area contributed by atoms with Gasteiger partial charge in [-0.3, -0.25) is 0 Å². The number of anilines is 1. The molecule has 0 aliphatic carbocycles. The van der Waals surface area contributed by atoms with Gasteiger partial charge in [-0.1, -0.05) is 29.8 Å². The van der Waals surface area contributed by atoms with Crippen molar-refractivity contribution in [1.29, 1.82) is 0 Å². The molecular weight excluding hydrogens is 424 g/mol. The Morgan fingerprint density at radius 3 is 2.52 bits per heavy atom. The van der Waals surface area contributed by atoms with Gasteiger partial charge in [0, 0.05) is 50.2 Å². The molecule has 0 atom stereocenters. The van der Waals surface area contributed by atoms with Crippen molar-refractivity contribution in [2.75, 3.05) is 32.1 Å². The van der Waals surface area contributed by atoms with E-state index < -0.39 is 10.0 Å². The summed E-state index contributed by atoms with van der Waals surface area (Å²) in [7, 11) is 0.0485. The normalized spacial score (nSPS) is 11.9. The van der Waals surface area contributed by atoms with Gasteiger partial charge in [0.15, 0.2) is 0 Å². The van der Waals surface area contributed by atoms with E-state index in [1.807, 2.05) is 36.2 Å². The topological polar surface area (TPSA) is 66.4 Å². The van der Waals surface area contributed by atoms with Crippen molar-refractivity contribution in [2.45, 2.75) is 10.6 Å². The summed E-state index contributed by atoms with van der Waals surface area (Å²) in [5.41, 5.74) is 1.09. The first-order chi connectivity index (χ1) is 12.9. The minimum Gasteiger partial charge on any atom is -0.349 e. The fourth-order valence-electron chi connectivity index (χ4n) is 2.33. The Bertz CT molecular complexity index is 972. The van der Waals surface area contributed by atoms with Crippen LogP contribution in [0.3, 0.4) is 0 Å². The van der Waals surface area contributed by atoms with Crippen LogP contribution in [0, 0.1) is 0 Å². The van der Waals surface area contributed by atoms with E-state index in [1.165, 1.54) is 27.2 Å². The molecule has 0 amide bonds. The lowest BCUT2D eigenvalue weighted by atomic mass is 10.1. The summed E-state index contributed by atoms with van der Waals surface area (Å²) in [6.07, 6.45) is 0.633. The molecule has 0 aliphatic heterocycles. The molecule has 3 rings (SSSR count). The van der Waals surface area contributed by atoms with Crippen LogP contribution >= 0.6 is 34.5 Å². The van der Waals surface area contributed by atoms with Gasteiger partial charge in [0.25, 0.3) is 10.0 Å². The Labute approximate surface area is 172 Å². The molecule has 27 heavy (non-hydrogen) atoms. The molecule has 0 saturated carbocycles. The number of halogens is 1. The number of rotatable bonds is 8. The summed E-state index contributed by atoms with van der Waals surface area (Å²) >= 11 is 8.44. The van der Waals surface area contributed by atoms with Crippen LogP contribution in [0.1, 0.15) is 11.4 Å². The van der Waals surface area contributed by atoms with Crippen molar-refractivity contribution in [3.05, 3.63) is 58.2 Å². The van der Waals surface area contributed by atoms with E-state index in [0.29, 0.717) is 28.7 Å². The number of aromatic nitrogens is 2. The molecule has 0 aliphatic rings. The lowest BCUT2D eigenvalue weighted by molar-refractivity contribution is 0.475. The van der Waals surface area contributed by atoms with Gasteiger partial charge in [0.2, 0.25) is 5.13 Å². The first kappa shape index (κ1) is 20.2. The van der Waals surface area contributed by atoms with E-state index >= 15 is 0 Å². The molecule has 0 fully saturated rings. The zero-order valence-electron chi connectivity index (χ0n) is 14.9. The summed E-state index contributed by atoms with van der Waals surface area (Å²) in [5.74, 6) is 0.740. The van der Waals surface area contributed by atoms with Crippen molar-refractivity contribution in [3.63, 3.8) is 0 Å². The van der Waals surface area contributed by atoms with E-state index in [-0.39, 0.29) is 0 Å². The first-order valence-electron chi connectivity index (χ1n) is 8.14. The third-order valence-corrected chi connectivity index (χ3v) is 8.32. The quantitative estimate of drug-likeness (QED) is 0.533. The van der Waals surface area contributed by atoms with Gasteiger partial charge in [0.05, 0.1) is 0 Å². The fourth-order valence-corrected chi connectivity index (χ4v) is 5.49. The van der Waals surface area contributed by atoms with Crippen molar-refractivity contribution >= 4 is 49.6 Å². The monoisotopic (exact) mass is 442 g/mol. The van der Waals surface area contributed by atoms with Crippen LogP contribution < -0.4 is 4.90 Å². The molecule has 6 nitrogen and oxygen atoms in total. The minimum atomic E-state index is -3.43. The Balaban J connectivity index is 1.58. The summed E-state index contributed by atoms with van der Waals surface area (Å²) in [5, 5.41) is 3.23. The molecule has 3 aromatic rings. The Morgan fingerprint density at radius 1 is 1.11 bits per heavy atom. The summed E-state index contributed by atoms with van der Waals surface area (Å²) < 4.78 is 31.0. The standard InChI is InChI=1S/C17H19ClN4O2S3/c1-21(9-10-22(2)27(23,24)16-4-3-11-25-16)17-19-15(20-26-17)12-13-5-7-14(18)8-6-13/h3-8,11H,9-10,12H2,1-2H3. The Kier molecular flexibility index (Phi) is 6.48. The molecule has 2 heterocycles. The van der Waals surface area contributed by atoms with Gasteiger partial charge in [0.1, 0.15) is 10.0 Å². The molecule has 0 bridgehead atoms. The van der Waals surface area contributed by atoms with Crippen LogP contribution in [-0.4, -0.2) is 49.3 Å². The molecule has 0 unspecified atom stereocenters. The van der Waals surface area contributed by atoms with Gasteiger partial charge in [-0.05, 0) is 29.1 Å². The second kappa shape index (κ2) is 8.66. The summed E-state index contributed by atoms with van der Waals surface area (Å²) in [6, 6.07) is 11.0. The number of likely N-dealkylation sites (N-methyl/N-ethyl adjacent to an activating group) is 2. The SMILES string of the molecule is CN(CCN(C)S(=O)(=O)c1cccs1)c1nc(Cc2ccc(Cl)cc2)ns1. The molecule has 0 spiro atoms. The van der Waals surface area contributed by atoms with E-state index in [4.69, 9.17) is 11.6 Å². The third kappa shape index (κ3) is 5.05. The van der Waals surface area contributed by atoms with Crippen LogP contribution in [0.4, 0.5) is 5.13 Å². The smallest absolute Gasteiger partial charge is 0.252 e. The predicted octanol–water partition coefficient (Wildman–Crippen LogP) is 3.60. The highest BCUT2D eigenvalue weighted by molar-refractivity contribution is 7.91. The maximum atomic E-state index is 12.5. The van der Waals surface area contributed by atoms with Crippen molar-refractivity contribution < 1.29 is 8.42 Å². The Hall–Kier alpha value is -1.52. The van der Waals surface area contributed by atoms with Gasteiger partial charge < -0.3 is 4.90 Å². The molecule has 0 radical (unpaired) electrons. The van der Waals surface area contributed by atoms with Crippen LogP contribution in [0.5, 0.6) is 0 Å². The molecular formula is C17H19ClN4O2S3. The number of hydrogen-bond donors (Lipinski definition) is 0. The first-order valence-corrected chi connectivity index (χ1v) is 11.6. The molecule has 0 N–H and O–H groups in total. The minimum absolute atomic E-state index is 0.355. The van der Waals surface area contributed by atoms with Crippen LogP contribution in [0.25, 0.3) is 0 Å². The lowest BCUT2D eigenvalue weighted by Gasteiger charge is -2.20. The number of hydrogen-bond acceptors (Lipinski definition) is 7. The third-order valence-electron chi connectivity index (χ3n) is 3.97. The van der Waals surface area contributed by atoms with Gasteiger partial charge in [-0.25, -0.2) is 13.4 Å². The lowest BCUT2D eigenvalue weighted by Crippen LogP contribution is -2.34. The maximum absolute atomic E-state index is 12.5. The second-order valence-corrected chi connectivity index (χ2v) is 10.4. The van der Waals surface area contributed by atoms with Crippen molar-refractivity contribution in [3.8, 4) is 0 Å².